The van der Waals surface area contributed by atoms with Crippen LogP contribution in [0.1, 0.15) is 16.5 Å². The summed E-state index contributed by atoms with van der Waals surface area (Å²) in [4.78, 5) is 1.30. The van der Waals surface area contributed by atoms with Crippen molar-refractivity contribution in [2.75, 3.05) is 0 Å². The molecule has 0 aliphatic carbocycles. The molecular formula is C12H11Br2NS. The van der Waals surface area contributed by atoms with Gasteiger partial charge in [0, 0.05) is 21.8 Å². The molecule has 2 N–H and O–H groups in total. The van der Waals surface area contributed by atoms with Crippen molar-refractivity contribution < 1.29 is 0 Å². The molecule has 1 aromatic heterocycles. The zero-order chi connectivity index (χ0) is 11.5. The first kappa shape index (κ1) is 12.3. The van der Waals surface area contributed by atoms with E-state index >= 15 is 0 Å². The van der Waals surface area contributed by atoms with Gasteiger partial charge in [0.15, 0.2) is 0 Å². The van der Waals surface area contributed by atoms with E-state index in [9.17, 15) is 0 Å². The van der Waals surface area contributed by atoms with Gasteiger partial charge in [-0.2, -0.15) is 0 Å². The normalized spacial score (nSPS) is 12.7. The number of halogens is 2. The molecule has 2 aromatic rings. The molecule has 1 nitrogen and oxygen atoms in total. The minimum absolute atomic E-state index is 0.0427. The molecule has 1 heterocycles. The van der Waals surface area contributed by atoms with Gasteiger partial charge in [0.2, 0.25) is 0 Å². The SMILES string of the molecule is NC(Cc1ccc(Br)s1)c1ccccc1Br. The van der Waals surface area contributed by atoms with Crippen molar-refractivity contribution in [2.45, 2.75) is 12.5 Å². The molecular weight excluding hydrogens is 350 g/mol. The van der Waals surface area contributed by atoms with E-state index in [1.54, 1.807) is 11.3 Å². The summed E-state index contributed by atoms with van der Waals surface area (Å²) in [5.74, 6) is 0. The summed E-state index contributed by atoms with van der Waals surface area (Å²) in [5, 5.41) is 0. The van der Waals surface area contributed by atoms with E-state index in [1.165, 1.54) is 4.88 Å². The smallest absolute Gasteiger partial charge is 0.0701 e. The van der Waals surface area contributed by atoms with Crippen LogP contribution < -0.4 is 5.73 Å². The lowest BCUT2D eigenvalue weighted by Gasteiger charge is -2.12. The molecule has 0 bridgehead atoms. The molecule has 4 heteroatoms. The molecule has 0 aliphatic heterocycles. The number of thiophene rings is 1. The van der Waals surface area contributed by atoms with E-state index in [0.29, 0.717) is 0 Å². The highest BCUT2D eigenvalue weighted by Crippen LogP contribution is 2.28. The summed E-state index contributed by atoms with van der Waals surface area (Å²) < 4.78 is 2.24. The number of rotatable bonds is 3. The van der Waals surface area contributed by atoms with E-state index in [4.69, 9.17) is 5.73 Å². The van der Waals surface area contributed by atoms with Crippen LogP contribution in [0.5, 0.6) is 0 Å². The fourth-order valence-corrected chi connectivity index (χ4v) is 3.68. The van der Waals surface area contributed by atoms with Gasteiger partial charge in [0.1, 0.15) is 0 Å². The lowest BCUT2D eigenvalue weighted by atomic mass is 10.0. The topological polar surface area (TPSA) is 26.0 Å². The average molecular weight is 361 g/mol. The van der Waals surface area contributed by atoms with Gasteiger partial charge < -0.3 is 5.73 Å². The van der Waals surface area contributed by atoms with Gasteiger partial charge in [0.05, 0.1) is 3.79 Å². The highest BCUT2D eigenvalue weighted by Gasteiger charge is 2.11. The Labute approximate surface area is 116 Å². The van der Waals surface area contributed by atoms with Crippen LogP contribution in [0, 0.1) is 0 Å². The van der Waals surface area contributed by atoms with Gasteiger partial charge in [-0.25, -0.2) is 0 Å². The van der Waals surface area contributed by atoms with Crippen LogP contribution in [0.4, 0.5) is 0 Å². The van der Waals surface area contributed by atoms with Gasteiger partial charge >= 0.3 is 0 Å². The molecule has 0 radical (unpaired) electrons. The van der Waals surface area contributed by atoms with Gasteiger partial charge in [-0.05, 0) is 39.7 Å². The van der Waals surface area contributed by atoms with Crippen molar-refractivity contribution in [1.29, 1.82) is 0 Å². The van der Waals surface area contributed by atoms with Crippen LogP contribution in [-0.2, 0) is 6.42 Å². The van der Waals surface area contributed by atoms with Crippen molar-refractivity contribution >= 4 is 43.2 Å². The maximum atomic E-state index is 6.20. The minimum Gasteiger partial charge on any atom is -0.324 e. The van der Waals surface area contributed by atoms with Crippen LogP contribution in [0.2, 0.25) is 0 Å². The highest BCUT2D eigenvalue weighted by molar-refractivity contribution is 9.11. The molecule has 0 saturated carbocycles. The summed E-state index contributed by atoms with van der Waals surface area (Å²) in [7, 11) is 0. The van der Waals surface area contributed by atoms with Crippen LogP contribution >= 0.6 is 43.2 Å². The highest BCUT2D eigenvalue weighted by atomic mass is 79.9. The molecule has 0 amide bonds. The van der Waals surface area contributed by atoms with E-state index in [1.807, 2.05) is 18.2 Å². The van der Waals surface area contributed by atoms with Crippen LogP contribution in [0.3, 0.4) is 0 Å². The summed E-state index contributed by atoms with van der Waals surface area (Å²) in [6.07, 6.45) is 0.874. The van der Waals surface area contributed by atoms with E-state index in [-0.39, 0.29) is 6.04 Å². The minimum atomic E-state index is 0.0427. The zero-order valence-corrected chi connectivity index (χ0v) is 12.5. The lowest BCUT2D eigenvalue weighted by Crippen LogP contribution is -2.13. The van der Waals surface area contributed by atoms with Gasteiger partial charge in [0.25, 0.3) is 0 Å². The Bertz CT molecular complexity index is 481. The maximum absolute atomic E-state index is 6.20. The summed E-state index contributed by atoms with van der Waals surface area (Å²) in [6.45, 7) is 0. The predicted molar refractivity (Wildman–Crippen MR) is 76.8 cm³/mol. The molecule has 1 unspecified atom stereocenters. The number of hydrogen-bond donors (Lipinski definition) is 1. The van der Waals surface area contributed by atoms with E-state index in [0.717, 1.165) is 20.2 Å². The molecule has 84 valence electrons. The predicted octanol–water partition coefficient (Wildman–Crippen LogP) is 4.52. The third-order valence-electron chi connectivity index (χ3n) is 2.35. The van der Waals surface area contributed by atoms with Crippen molar-refractivity contribution in [2.24, 2.45) is 5.73 Å². The third-order valence-corrected chi connectivity index (χ3v) is 4.72. The number of benzene rings is 1. The van der Waals surface area contributed by atoms with E-state index < -0.39 is 0 Å². The summed E-state index contributed by atoms with van der Waals surface area (Å²) in [5.41, 5.74) is 7.36. The van der Waals surface area contributed by atoms with Gasteiger partial charge in [-0.15, -0.1) is 11.3 Å². The van der Waals surface area contributed by atoms with Crippen molar-refractivity contribution in [1.82, 2.24) is 0 Å². The Morgan fingerprint density at radius 2 is 1.88 bits per heavy atom. The second-order valence-electron chi connectivity index (χ2n) is 3.54. The monoisotopic (exact) mass is 359 g/mol. The zero-order valence-electron chi connectivity index (χ0n) is 8.49. The maximum Gasteiger partial charge on any atom is 0.0701 e. The fourth-order valence-electron chi connectivity index (χ4n) is 1.56. The molecule has 2 rings (SSSR count). The fraction of sp³-hybridized carbons (Fsp3) is 0.167. The Hall–Kier alpha value is -0.160. The van der Waals surface area contributed by atoms with Crippen LogP contribution in [-0.4, -0.2) is 0 Å². The first-order valence-electron chi connectivity index (χ1n) is 4.91. The molecule has 0 spiro atoms. The second-order valence-corrected chi connectivity index (χ2v) is 6.94. The Balaban J connectivity index is 2.14. The molecule has 16 heavy (non-hydrogen) atoms. The summed E-state index contributed by atoms with van der Waals surface area (Å²) >= 11 is 8.73. The largest absolute Gasteiger partial charge is 0.324 e. The van der Waals surface area contributed by atoms with Crippen molar-refractivity contribution in [3.05, 3.63) is 55.1 Å². The van der Waals surface area contributed by atoms with Crippen molar-refractivity contribution in [3.63, 3.8) is 0 Å². The lowest BCUT2D eigenvalue weighted by molar-refractivity contribution is 0.726. The number of nitrogens with two attached hydrogens (primary N) is 1. The summed E-state index contributed by atoms with van der Waals surface area (Å²) in [6, 6.07) is 12.3. The van der Waals surface area contributed by atoms with Crippen LogP contribution in [0.25, 0.3) is 0 Å². The average Bonchev–Trinajstić information content (AvgIpc) is 2.64. The Morgan fingerprint density at radius 3 is 2.50 bits per heavy atom. The number of hydrogen-bond acceptors (Lipinski definition) is 2. The standard InChI is InChI=1S/C12H11Br2NS/c13-10-4-2-1-3-9(10)11(15)7-8-5-6-12(14)16-8/h1-6,11H,7,15H2. The van der Waals surface area contributed by atoms with Crippen molar-refractivity contribution in [3.8, 4) is 0 Å². The molecule has 1 aromatic carbocycles. The van der Waals surface area contributed by atoms with Gasteiger partial charge in [-0.3, -0.25) is 0 Å². The quantitative estimate of drug-likeness (QED) is 0.855. The molecule has 0 aliphatic rings. The van der Waals surface area contributed by atoms with Crippen LogP contribution in [0.15, 0.2) is 44.7 Å². The first-order chi connectivity index (χ1) is 7.66. The Morgan fingerprint density at radius 1 is 1.12 bits per heavy atom. The molecule has 1 atom stereocenters. The van der Waals surface area contributed by atoms with Gasteiger partial charge in [-0.1, -0.05) is 34.1 Å². The Kier molecular flexibility index (Phi) is 4.19. The van der Waals surface area contributed by atoms with E-state index in [2.05, 4.69) is 50.1 Å². The molecule has 0 saturated heterocycles. The second kappa shape index (κ2) is 5.45. The third kappa shape index (κ3) is 2.94. The molecule has 0 fully saturated rings. The first-order valence-corrected chi connectivity index (χ1v) is 7.31.